The van der Waals surface area contributed by atoms with Gasteiger partial charge in [0.1, 0.15) is 12.2 Å². The number of rotatable bonds is 12. The first kappa shape index (κ1) is 27.5. The van der Waals surface area contributed by atoms with Gasteiger partial charge in [0.25, 0.3) is 0 Å². The molecule has 6 nitrogen and oxygen atoms in total. The standard InChI is InChI=1S/C33H40N2O4/c1-26-32(38-23-28-13-7-3-8-14-28)33(39-24-29-15-9-4-10-16-29)31(37-22-27-11-5-2-6-12-27)21-35(26)20-30-17-18-34(19-30)25-36/h2-16,25-26,30-33H,17-24H2,1H3/t26-,30+,31+,32-,33-/m1/s1. The molecule has 2 aliphatic heterocycles. The van der Waals surface area contributed by atoms with E-state index >= 15 is 0 Å². The zero-order valence-electron chi connectivity index (χ0n) is 22.8. The van der Waals surface area contributed by atoms with Crippen LogP contribution in [0.15, 0.2) is 91.0 Å². The van der Waals surface area contributed by atoms with E-state index in [4.69, 9.17) is 14.2 Å². The van der Waals surface area contributed by atoms with E-state index in [2.05, 4.69) is 48.2 Å². The first-order valence-electron chi connectivity index (χ1n) is 14.1. The predicted octanol–water partition coefficient (Wildman–Crippen LogP) is 4.93. The largest absolute Gasteiger partial charge is 0.369 e. The number of carbonyl (C=O) groups excluding carboxylic acids is 1. The summed E-state index contributed by atoms with van der Waals surface area (Å²) in [5.41, 5.74) is 3.42. The molecule has 5 rings (SSSR count). The van der Waals surface area contributed by atoms with Crippen molar-refractivity contribution in [2.45, 2.75) is 57.5 Å². The lowest BCUT2D eigenvalue weighted by molar-refractivity contribution is -0.201. The van der Waals surface area contributed by atoms with Crippen molar-refractivity contribution >= 4 is 6.41 Å². The zero-order chi connectivity index (χ0) is 26.9. The van der Waals surface area contributed by atoms with Gasteiger partial charge in [-0.1, -0.05) is 91.0 Å². The molecule has 2 aliphatic rings. The van der Waals surface area contributed by atoms with Gasteiger partial charge >= 0.3 is 0 Å². The maximum absolute atomic E-state index is 11.3. The Balaban J connectivity index is 1.37. The molecule has 2 saturated heterocycles. The van der Waals surface area contributed by atoms with E-state index < -0.39 is 0 Å². The van der Waals surface area contributed by atoms with E-state index in [0.29, 0.717) is 25.7 Å². The predicted molar refractivity (Wildman–Crippen MR) is 152 cm³/mol. The maximum atomic E-state index is 11.3. The van der Waals surface area contributed by atoms with Crippen LogP contribution in [0.1, 0.15) is 30.0 Å². The van der Waals surface area contributed by atoms with E-state index in [1.807, 2.05) is 59.5 Å². The Morgan fingerprint density at radius 2 is 1.23 bits per heavy atom. The quantitative estimate of drug-likeness (QED) is 0.312. The number of hydrogen-bond donors (Lipinski definition) is 0. The molecule has 6 heteroatoms. The number of benzene rings is 3. The SMILES string of the molecule is C[C@@H]1[C@@H](OCc2ccccc2)[C@H](OCc2ccccc2)[C@@H](OCc2ccccc2)CN1C[C@H]1CCN(C=O)C1. The van der Waals surface area contributed by atoms with E-state index in [1.165, 1.54) is 0 Å². The normalized spacial score (nSPS) is 25.6. The summed E-state index contributed by atoms with van der Waals surface area (Å²) in [7, 11) is 0. The minimum atomic E-state index is -0.223. The molecular formula is C33H40N2O4. The molecule has 5 atom stereocenters. The summed E-state index contributed by atoms with van der Waals surface area (Å²) < 4.78 is 20.0. The van der Waals surface area contributed by atoms with Crippen LogP contribution in [-0.4, -0.2) is 66.7 Å². The maximum Gasteiger partial charge on any atom is 0.209 e. The molecule has 39 heavy (non-hydrogen) atoms. The highest BCUT2D eigenvalue weighted by molar-refractivity contribution is 5.47. The third-order valence-corrected chi connectivity index (χ3v) is 7.99. The van der Waals surface area contributed by atoms with Crippen LogP contribution in [0, 0.1) is 5.92 Å². The summed E-state index contributed by atoms with van der Waals surface area (Å²) in [6.45, 7) is 7.10. The molecule has 206 valence electrons. The van der Waals surface area contributed by atoms with E-state index in [-0.39, 0.29) is 24.4 Å². The van der Waals surface area contributed by atoms with Gasteiger partial charge in [0, 0.05) is 32.2 Å². The molecule has 0 bridgehead atoms. The molecule has 0 unspecified atom stereocenters. The van der Waals surface area contributed by atoms with Crippen LogP contribution in [-0.2, 0) is 38.8 Å². The van der Waals surface area contributed by atoms with Crippen LogP contribution >= 0.6 is 0 Å². The summed E-state index contributed by atoms with van der Waals surface area (Å²) in [6, 6.07) is 31.1. The van der Waals surface area contributed by atoms with Gasteiger partial charge in [0.15, 0.2) is 0 Å². The number of piperidine rings is 1. The molecule has 0 saturated carbocycles. The summed E-state index contributed by atoms with van der Waals surface area (Å²) >= 11 is 0. The fourth-order valence-electron chi connectivity index (χ4n) is 5.77. The van der Waals surface area contributed by atoms with Crippen molar-refractivity contribution in [2.24, 2.45) is 5.92 Å². The number of amides is 1. The van der Waals surface area contributed by atoms with Crippen molar-refractivity contribution in [3.05, 3.63) is 108 Å². The summed E-state index contributed by atoms with van der Waals surface area (Å²) in [5, 5.41) is 0. The van der Waals surface area contributed by atoms with Gasteiger partial charge in [0.05, 0.1) is 25.9 Å². The Morgan fingerprint density at radius 1 is 0.718 bits per heavy atom. The highest BCUT2D eigenvalue weighted by Crippen LogP contribution is 2.30. The Hall–Kier alpha value is -3.03. The summed E-state index contributed by atoms with van der Waals surface area (Å²) in [4.78, 5) is 15.7. The smallest absolute Gasteiger partial charge is 0.209 e. The average molecular weight is 529 g/mol. The summed E-state index contributed by atoms with van der Waals surface area (Å²) in [6.07, 6.45) is 1.45. The van der Waals surface area contributed by atoms with Gasteiger partial charge in [-0.15, -0.1) is 0 Å². The van der Waals surface area contributed by atoms with Crippen molar-refractivity contribution in [1.82, 2.24) is 9.80 Å². The Labute approximate surface area is 232 Å². The second-order valence-corrected chi connectivity index (χ2v) is 10.8. The number of likely N-dealkylation sites (tertiary alicyclic amines) is 2. The third kappa shape index (κ3) is 7.55. The Morgan fingerprint density at radius 3 is 1.74 bits per heavy atom. The molecule has 0 aromatic heterocycles. The second kappa shape index (κ2) is 13.9. The number of nitrogens with zero attached hydrogens (tertiary/aromatic N) is 2. The molecular weight excluding hydrogens is 488 g/mol. The van der Waals surface area contributed by atoms with E-state index in [9.17, 15) is 4.79 Å². The Kier molecular flexibility index (Phi) is 9.78. The fraction of sp³-hybridized carbons (Fsp3) is 0.424. The molecule has 0 spiro atoms. The summed E-state index contributed by atoms with van der Waals surface area (Å²) in [5.74, 6) is 0.448. The number of ether oxygens (including phenoxy) is 3. The fourth-order valence-corrected chi connectivity index (χ4v) is 5.77. The van der Waals surface area contributed by atoms with Crippen LogP contribution < -0.4 is 0 Å². The van der Waals surface area contributed by atoms with Crippen LogP contribution in [0.3, 0.4) is 0 Å². The van der Waals surface area contributed by atoms with Crippen molar-refractivity contribution in [2.75, 3.05) is 26.2 Å². The first-order valence-corrected chi connectivity index (χ1v) is 14.1. The molecule has 0 aliphatic carbocycles. The Bertz CT molecular complexity index is 1130. The number of hydrogen-bond acceptors (Lipinski definition) is 5. The number of carbonyl (C=O) groups is 1. The molecule has 0 N–H and O–H groups in total. The lowest BCUT2D eigenvalue weighted by atomic mass is 9.92. The molecule has 3 aromatic rings. The minimum Gasteiger partial charge on any atom is -0.369 e. The molecule has 3 aromatic carbocycles. The van der Waals surface area contributed by atoms with Crippen molar-refractivity contribution in [3.8, 4) is 0 Å². The van der Waals surface area contributed by atoms with Crippen LogP contribution in [0.5, 0.6) is 0 Å². The molecule has 0 radical (unpaired) electrons. The van der Waals surface area contributed by atoms with Crippen molar-refractivity contribution < 1.29 is 19.0 Å². The van der Waals surface area contributed by atoms with Crippen LogP contribution in [0.4, 0.5) is 0 Å². The average Bonchev–Trinajstić information content (AvgIpc) is 3.45. The highest BCUT2D eigenvalue weighted by Gasteiger charge is 2.44. The van der Waals surface area contributed by atoms with E-state index in [0.717, 1.165) is 55.7 Å². The van der Waals surface area contributed by atoms with Crippen LogP contribution in [0.25, 0.3) is 0 Å². The third-order valence-electron chi connectivity index (χ3n) is 7.99. The molecule has 2 heterocycles. The van der Waals surface area contributed by atoms with Crippen LogP contribution in [0.2, 0.25) is 0 Å². The monoisotopic (exact) mass is 528 g/mol. The van der Waals surface area contributed by atoms with Gasteiger partial charge in [-0.3, -0.25) is 9.69 Å². The van der Waals surface area contributed by atoms with Gasteiger partial charge in [-0.25, -0.2) is 0 Å². The lowest BCUT2D eigenvalue weighted by Gasteiger charge is -2.48. The van der Waals surface area contributed by atoms with Gasteiger partial charge < -0.3 is 19.1 Å². The van der Waals surface area contributed by atoms with Gasteiger partial charge in [-0.2, -0.15) is 0 Å². The highest BCUT2D eigenvalue weighted by atomic mass is 16.6. The lowest BCUT2D eigenvalue weighted by Crippen LogP contribution is -2.63. The van der Waals surface area contributed by atoms with E-state index in [1.54, 1.807) is 0 Å². The zero-order valence-corrected chi connectivity index (χ0v) is 22.8. The molecule has 1 amide bonds. The molecule has 2 fully saturated rings. The van der Waals surface area contributed by atoms with Gasteiger partial charge in [-0.05, 0) is 36.0 Å². The van der Waals surface area contributed by atoms with Gasteiger partial charge in [0.2, 0.25) is 6.41 Å². The topological polar surface area (TPSA) is 51.2 Å². The van der Waals surface area contributed by atoms with Crippen molar-refractivity contribution in [1.29, 1.82) is 0 Å². The second-order valence-electron chi connectivity index (χ2n) is 10.8. The van der Waals surface area contributed by atoms with Crippen molar-refractivity contribution in [3.63, 3.8) is 0 Å². The first-order chi connectivity index (χ1) is 19.2. The minimum absolute atomic E-state index is 0.136.